The number of aryl methyl sites for hydroxylation is 1. The second-order valence-electron chi connectivity index (χ2n) is 9.52. The molecule has 24 heavy (non-hydrogen) atoms. The number of aliphatic hydroxyl groups excluding tert-OH is 1. The Labute approximate surface area is 145 Å². The van der Waals surface area contributed by atoms with Gasteiger partial charge in [0.05, 0.1) is 6.10 Å². The topological polar surface area (TPSA) is 40.5 Å². The number of benzene rings is 1. The molecule has 3 saturated carbocycles. The number of hydrogen-bond donors (Lipinski definition) is 2. The van der Waals surface area contributed by atoms with E-state index in [1.807, 2.05) is 12.1 Å². The van der Waals surface area contributed by atoms with Crippen LogP contribution in [0.1, 0.15) is 75.3 Å². The van der Waals surface area contributed by atoms with Crippen molar-refractivity contribution in [2.75, 3.05) is 0 Å². The lowest BCUT2D eigenvalue weighted by Crippen LogP contribution is -2.45. The molecule has 3 unspecified atom stereocenters. The lowest BCUT2D eigenvalue weighted by molar-refractivity contribution is -0.0530. The normalized spacial score (nSPS) is 42.6. The molecule has 2 heteroatoms. The Bertz CT molecular complexity index is 660. The molecule has 0 radical (unpaired) electrons. The Hall–Kier alpha value is -1.02. The summed E-state index contributed by atoms with van der Waals surface area (Å²) in [4.78, 5) is 0. The maximum absolute atomic E-state index is 11.3. The van der Waals surface area contributed by atoms with Gasteiger partial charge in [-0.1, -0.05) is 25.8 Å². The number of rotatable bonds is 0. The first kappa shape index (κ1) is 15.3. The lowest BCUT2D eigenvalue weighted by atomic mass is 9.55. The van der Waals surface area contributed by atoms with Crippen molar-refractivity contribution < 1.29 is 10.2 Å². The summed E-state index contributed by atoms with van der Waals surface area (Å²) in [5.41, 5.74) is 3.24. The van der Waals surface area contributed by atoms with E-state index < -0.39 is 0 Å². The van der Waals surface area contributed by atoms with Crippen LogP contribution < -0.4 is 0 Å². The maximum Gasteiger partial charge on any atom is 0.115 e. The molecule has 4 aliphatic carbocycles. The number of phenolic OH excluding ortho intramolecular Hbond substituents is 1. The van der Waals surface area contributed by atoms with Crippen LogP contribution in [-0.2, 0) is 6.42 Å². The number of hydrogen-bond acceptors (Lipinski definition) is 2. The van der Waals surface area contributed by atoms with E-state index in [2.05, 4.69) is 13.0 Å². The van der Waals surface area contributed by atoms with Crippen LogP contribution in [-0.4, -0.2) is 16.3 Å². The third kappa shape index (κ3) is 1.87. The van der Waals surface area contributed by atoms with Gasteiger partial charge in [-0.05, 0) is 96.8 Å². The molecule has 5 atom stereocenters. The summed E-state index contributed by atoms with van der Waals surface area (Å²) >= 11 is 0. The first-order valence-electron chi connectivity index (χ1n) is 10.0. The quantitative estimate of drug-likeness (QED) is 0.720. The van der Waals surface area contributed by atoms with Gasteiger partial charge in [0.25, 0.3) is 0 Å². The molecule has 4 aliphatic rings. The zero-order valence-electron chi connectivity index (χ0n) is 14.8. The molecule has 0 bridgehead atoms. The van der Waals surface area contributed by atoms with Crippen molar-refractivity contribution in [1.29, 1.82) is 0 Å². The van der Waals surface area contributed by atoms with Crippen molar-refractivity contribution in [2.24, 2.45) is 22.7 Å². The van der Waals surface area contributed by atoms with Gasteiger partial charge in [0, 0.05) is 0 Å². The van der Waals surface area contributed by atoms with Gasteiger partial charge in [0.2, 0.25) is 0 Å². The molecule has 0 heterocycles. The van der Waals surface area contributed by atoms with E-state index in [1.54, 1.807) is 0 Å². The fourth-order valence-electron chi connectivity index (χ4n) is 7.45. The Kier molecular flexibility index (Phi) is 3.18. The third-order valence-corrected chi connectivity index (χ3v) is 8.58. The molecule has 0 saturated heterocycles. The SMILES string of the molecule is CC12CC[C@@H]3c4ccc(O)cc4CCC3[C@@H]1CC1(CCCC1)C2O. The van der Waals surface area contributed by atoms with Gasteiger partial charge in [0.15, 0.2) is 0 Å². The molecule has 5 rings (SSSR count). The first-order chi connectivity index (χ1) is 11.5. The zero-order valence-corrected chi connectivity index (χ0v) is 14.8. The second-order valence-corrected chi connectivity index (χ2v) is 9.52. The van der Waals surface area contributed by atoms with Crippen molar-refractivity contribution in [2.45, 2.75) is 76.7 Å². The molecule has 3 fully saturated rings. The number of aliphatic hydroxyl groups is 1. The summed E-state index contributed by atoms with van der Waals surface area (Å²) in [6.45, 7) is 2.40. The third-order valence-electron chi connectivity index (χ3n) is 8.58. The number of aromatic hydroxyl groups is 1. The molecular weight excluding hydrogens is 296 g/mol. The highest BCUT2D eigenvalue weighted by Gasteiger charge is 2.63. The maximum atomic E-state index is 11.3. The average Bonchev–Trinajstić information content (AvgIpc) is 3.13. The van der Waals surface area contributed by atoms with Gasteiger partial charge in [-0.3, -0.25) is 0 Å². The van der Waals surface area contributed by atoms with E-state index in [4.69, 9.17) is 0 Å². The van der Waals surface area contributed by atoms with Gasteiger partial charge in [-0.15, -0.1) is 0 Å². The highest BCUT2D eigenvalue weighted by atomic mass is 16.3. The largest absolute Gasteiger partial charge is 0.508 e. The lowest BCUT2D eigenvalue weighted by Gasteiger charge is -2.50. The summed E-state index contributed by atoms with van der Waals surface area (Å²) in [5, 5.41) is 21.1. The van der Waals surface area contributed by atoms with Crippen LogP contribution in [0.15, 0.2) is 18.2 Å². The van der Waals surface area contributed by atoms with E-state index >= 15 is 0 Å². The van der Waals surface area contributed by atoms with Gasteiger partial charge in [-0.2, -0.15) is 0 Å². The fourth-order valence-corrected chi connectivity index (χ4v) is 7.45. The van der Waals surface area contributed by atoms with Crippen LogP contribution >= 0.6 is 0 Å². The highest BCUT2D eigenvalue weighted by Crippen LogP contribution is 2.68. The molecule has 1 aromatic carbocycles. The summed E-state index contributed by atoms with van der Waals surface area (Å²) in [6, 6.07) is 6.04. The van der Waals surface area contributed by atoms with Crippen LogP contribution in [0.3, 0.4) is 0 Å². The Morgan fingerprint density at radius 3 is 2.67 bits per heavy atom. The first-order valence-corrected chi connectivity index (χ1v) is 10.0. The Balaban J connectivity index is 1.52. The minimum atomic E-state index is -0.0836. The van der Waals surface area contributed by atoms with Crippen molar-refractivity contribution >= 4 is 0 Å². The summed E-state index contributed by atoms with van der Waals surface area (Å²) in [5.74, 6) is 2.48. The summed E-state index contributed by atoms with van der Waals surface area (Å²) < 4.78 is 0. The minimum Gasteiger partial charge on any atom is -0.508 e. The smallest absolute Gasteiger partial charge is 0.115 e. The van der Waals surface area contributed by atoms with Crippen molar-refractivity contribution in [1.82, 2.24) is 0 Å². The highest BCUT2D eigenvalue weighted by molar-refractivity contribution is 5.40. The van der Waals surface area contributed by atoms with Crippen LogP contribution in [0.2, 0.25) is 0 Å². The van der Waals surface area contributed by atoms with Gasteiger partial charge in [-0.25, -0.2) is 0 Å². The minimum absolute atomic E-state index is 0.0836. The van der Waals surface area contributed by atoms with E-state index in [1.165, 1.54) is 62.5 Å². The van der Waals surface area contributed by atoms with Gasteiger partial charge >= 0.3 is 0 Å². The van der Waals surface area contributed by atoms with Crippen molar-refractivity contribution in [3.8, 4) is 5.75 Å². The summed E-state index contributed by atoms with van der Waals surface area (Å²) in [7, 11) is 0. The molecule has 130 valence electrons. The Morgan fingerprint density at radius 1 is 1.08 bits per heavy atom. The van der Waals surface area contributed by atoms with Crippen molar-refractivity contribution in [3.63, 3.8) is 0 Å². The second kappa shape index (κ2) is 5.00. The number of phenols is 1. The Morgan fingerprint density at radius 2 is 1.88 bits per heavy atom. The molecule has 0 amide bonds. The molecule has 0 aliphatic heterocycles. The number of fused-ring (bicyclic) bond motifs is 5. The molecular formula is C22H30O2. The predicted octanol–water partition coefficient (Wildman–Crippen LogP) is 4.78. The van der Waals surface area contributed by atoms with Crippen LogP contribution in [0.4, 0.5) is 0 Å². The van der Waals surface area contributed by atoms with Crippen LogP contribution in [0, 0.1) is 22.7 Å². The predicted molar refractivity (Wildman–Crippen MR) is 95.0 cm³/mol. The van der Waals surface area contributed by atoms with Crippen molar-refractivity contribution in [3.05, 3.63) is 29.3 Å². The molecule has 2 N–H and O–H groups in total. The van der Waals surface area contributed by atoms with E-state index in [9.17, 15) is 10.2 Å². The summed E-state index contributed by atoms with van der Waals surface area (Å²) in [6.07, 6.45) is 11.0. The van der Waals surface area contributed by atoms with Gasteiger partial charge < -0.3 is 10.2 Å². The van der Waals surface area contributed by atoms with E-state index in [0.717, 1.165) is 12.3 Å². The standard InChI is InChI=1S/C22H30O2/c1-21-11-8-17-16-7-5-15(23)12-14(16)4-6-18(17)19(21)13-22(20(21)24)9-2-3-10-22/h5,7,12,17-20,23-24H,2-4,6,8-11,13H2,1H3/t17-,18?,19+,20?,21?/m1/s1. The fraction of sp³-hybridized carbons (Fsp3) is 0.727. The van der Waals surface area contributed by atoms with E-state index in [-0.39, 0.29) is 16.9 Å². The monoisotopic (exact) mass is 326 g/mol. The van der Waals surface area contributed by atoms with Gasteiger partial charge in [0.1, 0.15) is 5.75 Å². The molecule has 2 nitrogen and oxygen atoms in total. The average molecular weight is 326 g/mol. The molecule has 0 aromatic heterocycles. The van der Waals surface area contributed by atoms with E-state index in [0.29, 0.717) is 17.6 Å². The molecule has 1 spiro atoms. The van der Waals surface area contributed by atoms with Crippen LogP contribution in [0.5, 0.6) is 5.75 Å². The zero-order chi connectivity index (χ0) is 16.5. The van der Waals surface area contributed by atoms with Crippen LogP contribution in [0.25, 0.3) is 0 Å². The molecule has 1 aromatic rings.